The van der Waals surface area contributed by atoms with Crippen LogP contribution in [0, 0.1) is 0 Å². The molecule has 0 aliphatic carbocycles. The molecule has 0 aliphatic heterocycles. The summed E-state index contributed by atoms with van der Waals surface area (Å²) in [5, 5.41) is 4.11. The predicted octanol–water partition coefficient (Wildman–Crippen LogP) is 1.13. The molecule has 0 radical (unpaired) electrons. The van der Waals surface area contributed by atoms with Gasteiger partial charge in [0.15, 0.2) is 0 Å². The number of thioether (sulfide) groups is 1. The molecule has 4 nitrogen and oxygen atoms in total. The quantitative estimate of drug-likeness (QED) is 0.433. The monoisotopic (exact) mass is 210 g/mol. The van der Waals surface area contributed by atoms with Crippen molar-refractivity contribution in [2.75, 3.05) is 24.7 Å². The van der Waals surface area contributed by atoms with Gasteiger partial charge in [0.05, 0.1) is 0 Å². The molecular weight excluding hydrogens is 196 g/mol. The van der Waals surface area contributed by atoms with E-state index in [1.165, 1.54) is 0 Å². The van der Waals surface area contributed by atoms with E-state index in [1.807, 2.05) is 24.5 Å². The first-order valence-corrected chi connectivity index (χ1v) is 5.54. The lowest BCUT2D eigenvalue weighted by Gasteiger charge is -2.02. The highest BCUT2D eigenvalue weighted by Gasteiger charge is 1.94. The molecule has 1 aromatic rings. The van der Waals surface area contributed by atoms with Crippen LogP contribution in [-0.2, 0) is 0 Å². The van der Waals surface area contributed by atoms with Crippen molar-refractivity contribution in [1.29, 1.82) is 0 Å². The molecule has 1 rings (SSSR count). The molecule has 0 aromatic carbocycles. The fourth-order valence-corrected chi connectivity index (χ4v) is 1.27. The van der Waals surface area contributed by atoms with E-state index in [0.29, 0.717) is 6.54 Å². The molecule has 14 heavy (non-hydrogen) atoms. The zero-order valence-electron chi connectivity index (χ0n) is 8.10. The summed E-state index contributed by atoms with van der Waals surface area (Å²) in [6.45, 7) is 1.31. The minimum atomic E-state index is 0.571. The van der Waals surface area contributed by atoms with Crippen molar-refractivity contribution in [3.63, 3.8) is 0 Å². The number of nitrogens with two attached hydrogens (primary N) is 1. The molecular formula is C9H14N4S. The summed E-state index contributed by atoms with van der Waals surface area (Å²) in [6.07, 6.45) is 7.42. The third kappa shape index (κ3) is 3.76. The van der Waals surface area contributed by atoms with E-state index < -0.39 is 0 Å². The van der Waals surface area contributed by atoms with Gasteiger partial charge in [-0.15, -0.1) is 11.8 Å². The number of rotatable bonds is 5. The van der Waals surface area contributed by atoms with Gasteiger partial charge >= 0.3 is 0 Å². The summed E-state index contributed by atoms with van der Waals surface area (Å²) in [7, 11) is 0. The van der Waals surface area contributed by atoms with Gasteiger partial charge in [0.25, 0.3) is 0 Å². The highest BCUT2D eigenvalue weighted by Crippen LogP contribution is 2.13. The summed E-state index contributed by atoms with van der Waals surface area (Å²) in [6, 6.07) is 1.92. The lowest BCUT2D eigenvalue weighted by Crippen LogP contribution is -2.02. The Bertz CT molecular complexity index is 301. The molecule has 0 spiro atoms. The van der Waals surface area contributed by atoms with Crippen molar-refractivity contribution in [3.05, 3.63) is 24.5 Å². The Balaban J connectivity index is 2.46. The number of hydrogen-bond donors (Lipinski definition) is 2. The van der Waals surface area contributed by atoms with Crippen molar-refractivity contribution >= 4 is 17.6 Å². The molecule has 0 saturated carbocycles. The molecule has 0 fully saturated rings. The fraction of sp³-hybridized carbons (Fsp3) is 0.333. The van der Waals surface area contributed by atoms with Gasteiger partial charge in [-0.25, -0.2) is 9.97 Å². The maximum absolute atomic E-state index is 5.31. The molecule has 0 atom stereocenters. The van der Waals surface area contributed by atoms with Crippen LogP contribution >= 0.6 is 11.8 Å². The van der Waals surface area contributed by atoms with E-state index in [9.17, 15) is 0 Å². The van der Waals surface area contributed by atoms with E-state index in [0.717, 1.165) is 17.4 Å². The Hall–Kier alpha value is -1.07. The van der Waals surface area contributed by atoms with Crippen LogP contribution in [0.25, 0.3) is 0 Å². The minimum absolute atomic E-state index is 0.571. The number of nitrogens with zero attached hydrogens (tertiary/aromatic N) is 2. The van der Waals surface area contributed by atoms with E-state index in [4.69, 9.17) is 5.73 Å². The zero-order valence-corrected chi connectivity index (χ0v) is 8.92. The highest BCUT2D eigenvalue weighted by atomic mass is 32.2. The van der Waals surface area contributed by atoms with Crippen LogP contribution in [0.3, 0.4) is 0 Å². The van der Waals surface area contributed by atoms with Crippen molar-refractivity contribution in [3.8, 4) is 0 Å². The van der Waals surface area contributed by atoms with Crippen LogP contribution in [0.5, 0.6) is 0 Å². The Kier molecular flexibility index (Phi) is 5.03. The van der Waals surface area contributed by atoms with Crippen molar-refractivity contribution < 1.29 is 0 Å². The molecule has 0 bridgehead atoms. The maximum atomic E-state index is 5.31. The lowest BCUT2D eigenvalue weighted by atomic mass is 10.4. The van der Waals surface area contributed by atoms with Gasteiger partial charge in [-0.1, -0.05) is 12.2 Å². The van der Waals surface area contributed by atoms with E-state index in [2.05, 4.69) is 15.3 Å². The van der Waals surface area contributed by atoms with Gasteiger partial charge in [-0.2, -0.15) is 0 Å². The molecule has 1 heterocycles. The number of nitrogens with one attached hydrogen (secondary N) is 1. The third-order valence-electron chi connectivity index (χ3n) is 1.55. The average molecular weight is 210 g/mol. The lowest BCUT2D eigenvalue weighted by molar-refractivity contribution is 1.04. The van der Waals surface area contributed by atoms with E-state index in [-0.39, 0.29) is 0 Å². The van der Waals surface area contributed by atoms with Gasteiger partial charge in [0.1, 0.15) is 17.2 Å². The SMILES string of the molecule is CSc1cc(NC/C=C/CN)ncn1. The van der Waals surface area contributed by atoms with Gasteiger partial charge in [-0.05, 0) is 6.26 Å². The minimum Gasteiger partial charge on any atom is -0.366 e. The molecule has 0 aliphatic rings. The van der Waals surface area contributed by atoms with Crippen LogP contribution < -0.4 is 11.1 Å². The molecule has 5 heteroatoms. The van der Waals surface area contributed by atoms with Gasteiger partial charge in [0.2, 0.25) is 0 Å². The molecule has 0 amide bonds. The Morgan fingerprint density at radius 1 is 1.50 bits per heavy atom. The summed E-state index contributed by atoms with van der Waals surface area (Å²) >= 11 is 1.60. The Morgan fingerprint density at radius 2 is 2.36 bits per heavy atom. The Morgan fingerprint density at radius 3 is 3.07 bits per heavy atom. The smallest absolute Gasteiger partial charge is 0.130 e. The second-order valence-electron chi connectivity index (χ2n) is 2.53. The number of hydrogen-bond acceptors (Lipinski definition) is 5. The van der Waals surface area contributed by atoms with Gasteiger partial charge in [0, 0.05) is 19.2 Å². The summed E-state index contributed by atoms with van der Waals surface area (Å²) in [4.78, 5) is 8.16. The van der Waals surface area contributed by atoms with E-state index >= 15 is 0 Å². The standard InChI is InChI=1S/C9H14N4S/c1-14-9-6-8(12-7-13-9)11-5-3-2-4-10/h2-3,6-7H,4-5,10H2,1H3,(H,11,12,13)/b3-2+. The molecule has 1 aromatic heterocycles. The van der Waals surface area contributed by atoms with Crippen LogP contribution in [0.1, 0.15) is 0 Å². The molecule has 0 unspecified atom stereocenters. The first-order chi connectivity index (χ1) is 6.86. The largest absolute Gasteiger partial charge is 0.366 e. The second kappa shape index (κ2) is 6.39. The van der Waals surface area contributed by atoms with Gasteiger partial charge in [-0.3, -0.25) is 0 Å². The second-order valence-corrected chi connectivity index (χ2v) is 3.36. The van der Waals surface area contributed by atoms with Crippen LogP contribution in [0.15, 0.2) is 29.6 Å². The summed E-state index contributed by atoms with van der Waals surface area (Å²) in [5.74, 6) is 0.839. The van der Waals surface area contributed by atoms with E-state index in [1.54, 1.807) is 18.1 Å². The van der Waals surface area contributed by atoms with Gasteiger partial charge < -0.3 is 11.1 Å². The summed E-state index contributed by atoms with van der Waals surface area (Å²) in [5.41, 5.74) is 5.31. The maximum Gasteiger partial charge on any atom is 0.130 e. The first kappa shape index (κ1) is 11.0. The highest BCUT2D eigenvalue weighted by molar-refractivity contribution is 7.98. The van der Waals surface area contributed by atoms with Crippen LogP contribution in [0.4, 0.5) is 5.82 Å². The Labute approximate surface area is 88.0 Å². The zero-order chi connectivity index (χ0) is 10.2. The topological polar surface area (TPSA) is 63.8 Å². The van der Waals surface area contributed by atoms with Crippen molar-refractivity contribution in [1.82, 2.24) is 9.97 Å². The number of aromatic nitrogens is 2. The summed E-state index contributed by atoms with van der Waals surface area (Å²) < 4.78 is 0. The fourth-order valence-electron chi connectivity index (χ4n) is 0.891. The molecule has 3 N–H and O–H groups in total. The van der Waals surface area contributed by atoms with Crippen molar-refractivity contribution in [2.24, 2.45) is 5.73 Å². The predicted molar refractivity (Wildman–Crippen MR) is 60.5 cm³/mol. The average Bonchev–Trinajstić information content (AvgIpc) is 2.25. The van der Waals surface area contributed by atoms with Crippen LogP contribution in [-0.4, -0.2) is 29.3 Å². The van der Waals surface area contributed by atoms with Crippen molar-refractivity contribution in [2.45, 2.75) is 5.03 Å². The third-order valence-corrected chi connectivity index (χ3v) is 2.20. The molecule has 0 saturated heterocycles. The first-order valence-electron chi connectivity index (χ1n) is 4.31. The number of anilines is 1. The molecule has 76 valence electrons. The normalized spacial score (nSPS) is 10.7. The van der Waals surface area contributed by atoms with Crippen LogP contribution in [0.2, 0.25) is 0 Å².